The number of imide groups is 1. The molecule has 0 spiro atoms. The molecule has 0 aromatic heterocycles. The molecule has 1 fully saturated rings. The van der Waals surface area contributed by atoms with E-state index in [-0.39, 0.29) is 24.4 Å². The normalized spacial score (nSPS) is 16.4. The minimum absolute atomic E-state index is 0.295. The van der Waals surface area contributed by atoms with Crippen LogP contribution in [0.3, 0.4) is 0 Å². The Balaban J connectivity index is 1.71. The second-order valence-corrected chi connectivity index (χ2v) is 7.52. The van der Waals surface area contributed by atoms with Gasteiger partial charge in [-0.15, -0.1) is 0 Å². The van der Waals surface area contributed by atoms with Crippen LogP contribution in [0.2, 0.25) is 0 Å². The number of carbonyl (C=O) groups excluding carboxylic acids is 3. The molecule has 0 saturated carbocycles. The average molecular weight is 398 g/mol. The van der Waals surface area contributed by atoms with Crippen LogP contribution in [-0.4, -0.2) is 47.3 Å². The van der Waals surface area contributed by atoms with Crippen LogP contribution in [0.4, 0.5) is 4.79 Å². The lowest BCUT2D eigenvalue weighted by Crippen LogP contribution is -2.42. The van der Waals surface area contributed by atoms with Gasteiger partial charge in [-0.3, -0.25) is 14.5 Å². The van der Waals surface area contributed by atoms with Gasteiger partial charge in [0.1, 0.15) is 12.6 Å². The van der Waals surface area contributed by atoms with Crippen molar-refractivity contribution in [3.63, 3.8) is 0 Å². The van der Waals surface area contributed by atoms with Crippen LogP contribution in [0, 0.1) is 0 Å². The molecule has 1 aliphatic rings. The van der Waals surface area contributed by atoms with Crippen molar-refractivity contribution in [3.8, 4) is 0 Å². The first-order chi connectivity index (χ1) is 13.6. The summed E-state index contributed by atoms with van der Waals surface area (Å²) in [6, 6.07) is 17.8. The zero-order valence-corrected chi connectivity index (χ0v) is 16.4. The maximum Gasteiger partial charge on any atom is 0.325 e. The van der Waals surface area contributed by atoms with Crippen LogP contribution in [0.1, 0.15) is 23.6 Å². The van der Waals surface area contributed by atoms with Crippen LogP contribution < -0.4 is 10.6 Å². The van der Waals surface area contributed by atoms with E-state index in [0.717, 1.165) is 21.8 Å². The third-order valence-electron chi connectivity index (χ3n) is 4.59. The molecule has 4 amide bonds. The number of urea groups is 1. The van der Waals surface area contributed by atoms with Gasteiger partial charge in [-0.1, -0.05) is 60.7 Å². The van der Waals surface area contributed by atoms with E-state index in [9.17, 15) is 14.4 Å². The predicted octanol–water partition coefficient (Wildman–Crippen LogP) is 2.57. The summed E-state index contributed by atoms with van der Waals surface area (Å²) in [5, 5.41) is 5.61. The molecule has 0 aliphatic carbocycles. The summed E-state index contributed by atoms with van der Waals surface area (Å²) < 4.78 is 0. The summed E-state index contributed by atoms with van der Waals surface area (Å²) in [5.41, 5.74) is 1.86. The lowest BCUT2D eigenvalue weighted by molar-refractivity contribution is -0.132. The maximum absolute atomic E-state index is 12.7. The molecule has 2 aromatic carbocycles. The standard InChI is InChI=1S/C21H23N3O3S/c1-28-13-12-17-20(26)24(21(27)22-17)14-18(25)23-19(15-8-4-2-5-9-15)16-10-6-3-7-11-16/h2-11,17,19H,12-14H2,1H3,(H,22,27)(H,23,25)/t17-/m1/s1. The largest absolute Gasteiger partial charge is 0.344 e. The monoisotopic (exact) mass is 397 g/mol. The highest BCUT2D eigenvalue weighted by Gasteiger charge is 2.38. The molecule has 0 unspecified atom stereocenters. The Kier molecular flexibility index (Phi) is 6.71. The highest BCUT2D eigenvalue weighted by Crippen LogP contribution is 2.22. The Hall–Kier alpha value is -2.80. The van der Waals surface area contributed by atoms with Gasteiger partial charge in [-0.05, 0) is 29.6 Å². The molecule has 1 aliphatic heterocycles. The second kappa shape index (κ2) is 9.41. The predicted molar refractivity (Wildman–Crippen MR) is 110 cm³/mol. The molecule has 1 heterocycles. The van der Waals surface area contributed by atoms with Crippen molar-refractivity contribution < 1.29 is 14.4 Å². The lowest BCUT2D eigenvalue weighted by Gasteiger charge is -2.21. The molecule has 7 heteroatoms. The molecule has 28 heavy (non-hydrogen) atoms. The van der Waals surface area contributed by atoms with E-state index >= 15 is 0 Å². The fourth-order valence-corrected chi connectivity index (χ4v) is 3.63. The van der Waals surface area contributed by atoms with Crippen molar-refractivity contribution in [3.05, 3.63) is 71.8 Å². The summed E-state index contributed by atoms with van der Waals surface area (Å²) in [7, 11) is 0. The molecule has 0 bridgehead atoms. The number of nitrogens with zero attached hydrogens (tertiary/aromatic N) is 1. The fourth-order valence-electron chi connectivity index (χ4n) is 3.16. The van der Waals surface area contributed by atoms with Crippen molar-refractivity contribution >= 4 is 29.6 Å². The lowest BCUT2D eigenvalue weighted by atomic mass is 9.99. The molecule has 1 saturated heterocycles. The summed E-state index contributed by atoms with van der Waals surface area (Å²) in [5.74, 6) is 0.0396. The average Bonchev–Trinajstić information content (AvgIpc) is 2.99. The van der Waals surface area contributed by atoms with Gasteiger partial charge in [0.15, 0.2) is 0 Å². The van der Waals surface area contributed by atoms with E-state index in [2.05, 4.69) is 10.6 Å². The molecular weight excluding hydrogens is 374 g/mol. The maximum atomic E-state index is 12.7. The number of rotatable bonds is 8. The van der Waals surface area contributed by atoms with Gasteiger partial charge in [0.05, 0.1) is 6.04 Å². The molecule has 3 rings (SSSR count). The van der Waals surface area contributed by atoms with Crippen molar-refractivity contribution in [2.45, 2.75) is 18.5 Å². The van der Waals surface area contributed by atoms with E-state index < -0.39 is 12.1 Å². The molecule has 146 valence electrons. The number of hydrogen-bond acceptors (Lipinski definition) is 4. The SMILES string of the molecule is CSCC[C@H]1NC(=O)N(CC(=O)NC(c2ccccc2)c2ccccc2)C1=O. The topological polar surface area (TPSA) is 78.5 Å². The number of amides is 4. The third kappa shape index (κ3) is 4.72. The van der Waals surface area contributed by atoms with Crippen molar-refractivity contribution in [1.82, 2.24) is 15.5 Å². The van der Waals surface area contributed by atoms with E-state index in [1.54, 1.807) is 11.8 Å². The molecular formula is C21H23N3O3S. The first-order valence-corrected chi connectivity index (χ1v) is 10.5. The van der Waals surface area contributed by atoms with Gasteiger partial charge < -0.3 is 10.6 Å². The van der Waals surface area contributed by atoms with Crippen molar-refractivity contribution in [2.24, 2.45) is 0 Å². The van der Waals surface area contributed by atoms with Crippen LogP contribution in [0.5, 0.6) is 0 Å². The number of benzene rings is 2. The minimum atomic E-state index is -0.549. The zero-order valence-electron chi connectivity index (χ0n) is 15.6. The number of nitrogens with one attached hydrogen (secondary N) is 2. The number of hydrogen-bond donors (Lipinski definition) is 2. The molecule has 1 atom stereocenters. The van der Waals surface area contributed by atoms with Crippen LogP contribution in [0.25, 0.3) is 0 Å². The smallest absolute Gasteiger partial charge is 0.325 e. The fraction of sp³-hybridized carbons (Fsp3) is 0.286. The van der Waals surface area contributed by atoms with Crippen molar-refractivity contribution in [2.75, 3.05) is 18.6 Å². The molecule has 6 nitrogen and oxygen atoms in total. The van der Waals surface area contributed by atoms with Crippen LogP contribution >= 0.6 is 11.8 Å². The Morgan fingerprint density at radius 3 is 2.18 bits per heavy atom. The van der Waals surface area contributed by atoms with E-state index in [1.807, 2.05) is 66.9 Å². The summed E-state index contributed by atoms with van der Waals surface area (Å²) >= 11 is 1.61. The Morgan fingerprint density at radius 1 is 1.07 bits per heavy atom. The van der Waals surface area contributed by atoms with E-state index in [4.69, 9.17) is 0 Å². The Labute approximate surface area is 168 Å². The highest BCUT2D eigenvalue weighted by atomic mass is 32.2. The van der Waals surface area contributed by atoms with Gasteiger partial charge in [-0.2, -0.15) is 11.8 Å². The Morgan fingerprint density at radius 2 is 1.64 bits per heavy atom. The first-order valence-electron chi connectivity index (χ1n) is 9.10. The first kappa shape index (κ1) is 19.9. The van der Waals surface area contributed by atoms with Gasteiger partial charge in [0.2, 0.25) is 5.91 Å². The van der Waals surface area contributed by atoms with E-state index in [0.29, 0.717) is 6.42 Å². The van der Waals surface area contributed by atoms with Crippen LogP contribution in [0.15, 0.2) is 60.7 Å². The van der Waals surface area contributed by atoms with Gasteiger partial charge in [0, 0.05) is 0 Å². The minimum Gasteiger partial charge on any atom is -0.344 e. The Bertz CT molecular complexity index is 790. The summed E-state index contributed by atoms with van der Waals surface area (Å²) in [6.45, 7) is -0.295. The molecule has 2 aromatic rings. The number of thioether (sulfide) groups is 1. The quantitative estimate of drug-likeness (QED) is 0.671. The van der Waals surface area contributed by atoms with E-state index in [1.165, 1.54) is 0 Å². The van der Waals surface area contributed by atoms with Crippen LogP contribution in [-0.2, 0) is 9.59 Å². The molecule has 0 radical (unpaired) electrons. The summed E-state index contributed by atoms with van der Waals surface area (Å²) in [4.78, 5) is 38.2. The summed E-state index contributed by atoms with van der Waals surface area (Å²) in [6.07, 6.45) is 2.50. The van der Waals surface area contributed by atoms with Crippen molar-refractivity contribution in [1.29, 1.82) is 0 Å². The van der Waals surface area contributed by atoms with Gasteiger partial charge >= 0.3 is 6.03 Å². The zero-order chi connectivity index (χ0) is 19.9. The highest BCUT2D eigenvalue weighted by molar-refractivity contribution is 7.98. The molecule has 2 N–H and O–H groups in total. The second-order valence-electron chi connectivity index (χ2n) is 6.53. The van der Waals surface area contributed by atoms with Gasteiger partial charge in [-0.25, -0.2) is 4.79 Å². The third-order valence-corrected chi connectivity index (χ3v) is 5.23. The number of carbonyl (C=O) groups is 3. The van der Waals surface area contributed by atoms with Gasteiger partial charge in [0.25, 0.3) is 5.91 Å².